The number of amides is 1. The maximum atomic E-state index is 11.9. The summed E-state index contributed by atoms with van der Waals surface area (Å²) in [6.45, 7) is 5.16. The van der Waals surface area contributed by atoms with Crippen molar-refractivity contribution in [2.75, 3.05) is 0 Å². The van der Waals surface area contributed by atoms with Gasteiger partial charge in [0.2, 0.25) is 0 Å². The molecule has 0 fully saturated rings. The van der Waals surface area contributed by atoms with Crippen LogP contribution in [0.3, 0.4) is 0 Å². The Balaban J connectivity index is 1.81. The second kappa shape index (κ2) is 6.71. The maximum Gasteiger partial charge on any atom is 0.408 e. The van der Waals surface area contributed by atoms with Crippen molar-refractivity contribution in [1.29, 1.82) is 0 Å². The molecule has 6 nitrogen and oxygen atoms in total. The molecule has 3 aromatic rings. The van der Waals surface area contributed by atoms with Gasteiger partial charge in [-0.3, -0.25) is 0 Å². The van der Waals surface area contributed by atoms with Gasteiger partial charge in [-0.05, 0) is 38.5 Å². The molecule has 0 saturated carbocycles. The molecule has 0 saturated heterocycles. The van der Waals surface area contributed by atoms with Crippen LogP contribution in [0, 0.1) is 0 Å². The van der Waals surface area contributed by atoms with Gasteiger partial charge in [0.15, 0.2) is 0 Å². The second-order valence-corrected chi connectivity index (χ2v) is 7.17. The van der Waals surface area contributed by atoms with Crippen molar-refractivity contribution < 1.29 is 23.8 Å². The van der Waals surface area contributed by atoms with Crippen LogP contribution in [0.5, 0.6) is 0 Å². The number of carboxylic acids is 1. The summed E-state index contributed by atoms with van der Waals surface area (Å²) in [6, 6.07) is 12.2. The lowest BCUT2D eigenvalue weighted by molar-refractivity contribution is -0.139. The third-order valence-corrected chi connectivity index (χ3v) is 3.87. The molecule has 0 radical (unpaired) electrons. The maximum absolute atomic E-state index is 11.9. The number of furan rings is 1. The summed E-state index contributed by atoms with van der Waals surface area (Å²) in [5, 5.41) is 13.8. The van der Waals surface area contributed by atoms with Crippen LogP contribution in [0.4, 0.5) is 4.79 Å². The van der Waals surface area contributed by atoms with Gasteiger partial charge in [0, 0.05) is 17.2 Å². The molecule has 0 aliphatic carbocycles. The molecule has 3 rings (SSSR count). The molecule has 1 amide bonds. The van der Waals surface area contributed by atoms with E-state index in [0.29, 0.717) is 5.58 Å². The Labute approximate surface area is 150 Å². The molecule has 0 aliphatic heterocycles. The number of ether oxygens (including phenoxy) is 1. The predicted molar refractivity (Wildman–Crippen MR) is 98.2 cm³/mol. The van der Waals surface area contributed by atoms with Gasteiger partial charge in [0.05, 0.1) is 0 Å². The molecule has 0 bridgehead atoms. The van der Waals surface area contributed by atoms with Crippen molar-refractivity contribution in [2.45, 2.75) is 38.8 Å². The van der Waals surface area contributed by atoms with E-state index in [0.717, 1.165) is 21.9 Å². The van der Waals surface area contributed by atoms with Gasteiger partial charge in [-0.2, -0.15) is 0 Å². The summed E-state index contributed by atoms with van der Waals surface area (Å²) in [6.07, 6.45) is -0.628. The lowest BCUT2D eigenvalue weighted by atomic mass is 10.0. The van der Waals surface area contributed by atoms with Gasteiger partial charge in [0.1, 0.15) is 22.8 Å². The number of para-hydroxylation sites is 1. The predicted octanol–water partition coefficient (Wildman–Crippen LogP) is 4.11. The Hall–Kier alpha value is -3.02. The molecule has 2 aromatic carbocycles. The molecular weight excluding hydrogens is 334 g/mol. The minimum absolute atomic E-state index is 0.127. The Morgan fingerprint density at radius 1 is 1.12 bits per heavy atom. The van der Waals surface area contributed by atoms with E-state index >= 15 is 0 Å². The fraction of sp³-hybridized carbons (Fsp3) is 0.300. The standard InChI is InChI=1S/C20H21NO5/c1-20(2,3)26-19(24)21-15(18(22)23)10-12-8-9-14-13-6-4-5-7-16(13)25-17(14)11-12/h4-9,11,15H,10H2,1-3H3,(H,21,24)(H,22,23)/t15-/m0/s1. The Morgan fingerprint density at radius 2 is 1.81 bits per heavy atom. The number of rotatable bonds is 4. The molecule has 1 aromatic heterocycles. The number of fused-ring (bicyclic) bond motifs is 3. The van der Waals surface area contributed by atoms with E-state index in [9.17, 15) is 14.7 Å². The number of carboxylic acid groups (broad SMARTS) is 1. The summed E-state index contributed by atoms with van der Waals surface area (Å²) in [4.78, 5) is 23.4. The number of hydrogen-bond acceptors (Lipinski definition) is 4. The Morgan fingerprint density at radius 3 is 2.50 bits per heavy atom. The first-order valence-electron chi connectivity index (χ1n) is 8.35. The molecule has 1 atom stereocenters. The van der Waals surface area contributed by atoms with Crippen LogP contribution < -0.4 is 5.32 Å². The van der Waals surface area contributed by atoms with E-state index in [2.05, 4.69) is 5.32 Å². The van der Waals surface area contributed by atoms with Crippen molar-refractivity contribution in [3.05, 3.63) is 48.0 Å². The van der Waals surface area contributed by atoms with E-state index in [1.807, 2.05) is 42.5 Å². The first-order valence-corrected chi connectivity index (χ1v) is 8.35. The summed E-state index contributed by atoms with van der Waals surface area (Å²) in [5.74, 6) is -1.12. The van der Waals surface area contributed by atoms with Crippen molar-refractivity contribution >= 4 is 34.0 Å². The van der Waals surface area contributed by atoms with Crippen molar-refractivity contribution in [2.24, 2.45) is 0 Å². The fourth-order valence-electron chi connectivity index (χ4n) is 2.78. The summed E-state index contributed by atoms with van der Waals surface area (Å²) in [7, 11) is 0. The topological polar surface area (TPSA) is 88.8 Å². The van der Waals surface area contributed by atoms with Gasteiger partial charge in [0.25, 0.3) is 0 Å². The highest BCUT2D eigenvalue weighted by atomic mass is 16.6. The van der Waals surface area contributed by atoms with Crippen LogP contribution in [0.2, 0.25) is 0 Å². The zero-order chi connectivity index (χ0) is 18.9. The van der Waals surface area contributed by atoms with Crippen LogP contribution in [-0.2, 0) is 16.0 Å². The van der Waals surface area contributed by atoms with Crippen LogP contribution in [0.1, 0.15) is 26.3 Å². The second-order valence-electron chi connectivity index (χ2n) is 7.17. The minimum Gasteiger partial charge on any atom is -0.480 e. The van der Waals surface area contributed by atoms with E-state index in [-0.39, 0.29) is 6.42 Å². The molecule has 26 heavy (non-hydrogen) atoms. The molecule has 136 valence electrons. The first-order chi connectivity index (χ1) is 12.2. The van der Waals surface area contributed by atoms with E-state index < -0.39 is 23.7 Å². The molecule has 6 heteroatoms. The van der Waals surface area contributed by atoms with E-state index in [4.69, 9.17) is 9.15 Å². The average molecular weight is 355 g/mol. The molecule has 2 N–H and O–H groups in total. The number of carbonyl (C=O) groups is 2. The Bertz CT molecular complexity index is 967. The average Bonchev–Trinajstić information content (AvgIpc) is 2.90. The number of aliphatic carboxylic acids is 1. The molecular formula is C20H21NO5. The molecule has 0 spiro atoms. The third kappa shape index (κ3) is 3.96. The summed E-state index contributed by atoms with van der Waals surface area (Å²) < 4.78 is 11.0. The Kier molecular flexibility index (Phi) is 4.59. The fourth-order valence-corrected chi connectivity index (χ4v) is 2.78. The van der Waals surface area contributed by atoms with Gasteiger partial charge >= 0.3 is 12.1 Å². The van der Waals surface area contributed by atoms with E-state index in [1.165, 1.54) is 0 Å². The third-order valence-electron chi connectivity index (χ3n) is 3.87. The normalized spacial score (nSPS) is 12.9. The zero-order valence-corrected chi connectivity index (χ0v) is 14.9. The molecule has 0 aliphatic rings. The van der Waals surface area contributed by atoms with Gasteiger partial charge in [-0.1, -0.05) is 30.3 Å². The number of hydrogen-bond donors (Lipinski definition) is 2. The van der Waals surface area contributed by atoms with Crippen molar-refractivity contribution in [1.82, 2.24) is 5.32 Å². The SMILES string of the molecule is CC(C)(C)OC(=O)N[C@@H](Cc1ccc2c(c1)oc1ccccc12)C(=O)O. The number of alkyl carbamates (subject to hydrolysis) is 1. The monoisotopic (exact) mass is 355 g/mol. The molecule has 0 unspecified atom stereocenters. The smallest absolute Gasteiger partial charge is 0.408 e. The first kappa shape index (κ1) is 17.8. The zero-order valence-electron chi connectivity index (χ0n) is 14.9. The van der Waals surface area contributed by atoms with Crippen molar-refractivity contribution in [3.63, 3.8) is 0 Å². The quantitative estimate of drug-likeness (QED) is 0.735. The van der Waals surface area contributed by atoms with Crippen molar-refractivity contribution in [3.8, 4) is 0 Å². The van der Waals surface area contributed by atoms with Crippen LogP contribution in [0.25, 0.3) is 21.9 Å². The highest BCUT2D eigenvalue weighted by Gasteiger charge is 2.24. The van der Waals surface area contributed by atoms with E-state index in [1.54, 1.807) is 20.8 Å². The molecule has 1 heterocycles. The summed E-state index contributed by atoms with van der Waals surface area (Å²) >= 11 is 0. The highest BCUT2D eigenvalue weighted by Crippen LogP contribution is 2.29. The lowest BCUT2D eigenvalue weighted by Gasteiger charge is -2.22. The number of nitrogens with one attached hydrogen (secondary N) is 1. The van der Waals surface area contributed by atoms with Crippen LogP contribution in [0.15, 0.2) is 46.9 Å². The highest BCUT2D eigenvalue weighted by molar-refractivity contribution is 6.04. The largest absolute Gasteiger partial charge is 0.480 e. The van der Waals surface area contributed by atoms with Crippen LogP contribution in [-0.4, -0.2) is 28.8 Å². The van der Waals surface area contributed by atoms with Crippen LogP contribution >= 0.6 is 0 Å². The minimum atomic E-state index is -1.12. The number of carbonyl (C=O) groups excluding carboxylic acids is 1. The number of benzene rings is 2. The van der Waals surface area contributed by atoms with Gasteiger partial charge in [-0.15, -0.1) is 0 Å². The van der Waals surface area contributed by atoms with Gasteiger partial charge in [-0.25, -0.2) is 9.59 Å². The lowest BCUT2D eigenvalue weighted by Crippen LogP contribution is -2.44. The summed E-state index contributed by atoms with van der Waals surface area (Å²) in [5.41, 5.74) is 1.52. The van der Waals surface area contributed by atoms with Gasteiger partial charge < -0.3 is 19.6 Å².